The van der Waals surface area contributed by atoms with Gasteiger partial charge in [-0.1, -0.05) is 101 Å². The second-order valence-corrected chi connectivity index (χ2v) is 20.0. The summed E-state index contributed by atoms with van der Waals surface area (Å²) in [6.07, 6.45) is 4.31. The van der Waals surface area contributed by atoms with E-state index in [1.807, 2.05) is 18.2 Å². The summed E-state index contributed by atoms with van der Waals surface area (Å²) < 4.78 is 47.8. The fourth-order valence-electron chi connectivity index (χ4n) is 6.75. The summed E-state index contributed by atoms with van der Waals surface area (Å²) >= 11 is 0. The number of fused-ring (bicyclic) bond motifs is 1. The molecule has 2 N–H and O–H groups in total. The molecule has 0 aliphatic carbocycles. The number of amides is 1. The molecule has 0 unspecified atom stereocenters. The zero-order chi connectivity index (χ0) is 38.9. The van der Waals surface area contributed by atoms with Crippen LogP contribution in [0.25, 0.3) is 11.0 Å². The molecule has 288 valence electrons. The van der Waals surface area contributed by atoms with E-state index < -0.39 is 24.5 Å². The molecule has 0 bridgehead atoms. The molecular weight excluding hydrogens is 725 g/mol. The quantitative estimate of drug-likeness (QED) is 0.0834. The van der Waals surface area contributed by atoms with Gasteiger partial charge in [0.15, 0.2) is 5.82 Å². The van der Waals surface area contributed by atoms with E-state index in [0.717, 1.165) is 24.7 Å². The average molecular weight is 775 g/mol. The highest BCUT2D eigenvalue weighted by molar-refractivity contribution is 7.85. The highest BCUT2D eigenvalue weighted by Gasteiger charge is 2.50. The van der Waals surface area contributed by atoms with Gasteiger partial charge in [-0.3, -0.25) is 14.2 Å². The van der Waals surface area contributed by atoms with Crippen LogP contribution in [0, 0.1) is 0 Å². The number of nitrogens with zero attached hydrogens (tertiary/aromatic N) is 4. The number of ether oxygens (including phenoxy) is 2. The third-order valence-electron chi connectivity index (χ3n) is 9.17. The number of nitrogens with one attached hydrogen (secondary N) is 2. The molecule has 0 saturated heterocycles. The van der Waals surface area contributed by atoms with Crippen LogP contribution in [0.15, 0.2) is 85.1 Å². The molecule has 5 rings (SSSR count). The zero-order valence-corrected chi connectivity index (χ0v) is 33.8. The van der Waals surface area contributed by atoms with E-state index in [4.69, 9.17) is 23.1 Å². The van der Waals surface area contributed by atoms with E-state index in [2.05, 4.69) is 96.9 Å². The number of methoxy groups -OCH3 is 2. The summed E-state index contributed by atoms with van der Waals surface area (Å²) in [4.78, 5) is 21.5. The Bertz CT molecular complexity index is 2090. The van der Waals surface area contributed by atoms with Crippen LogP contribution >= 0.6 is 0 Å². The van der Waals surface area contributed by atoms with Gasteiger partial charge in [-0.05, 0) is 45.9 Å². The lowest BCUT2D eigenvalue weighted by molar-refractivity contribution is 0.186. The average Bonchev–Trinajstić information content (AvgIpc) is 3.55. The van der Waals surface area contributed by atoms with Crippen molar-refractivity contribution in [3.05, 3.63) is 96.2 Å². The van der Waals surface area contributed by atoms with Gasteiger partial charge in [0, 0.05) is 18.2 Å². The number of hydrogen-bond acceptors (Lipinski definition) is 11. The molecule has 0 aliphatic rings. The van der Waals surface area contributed by atoms with Gasteiger partial charge in [0.05, 0.1) is 39.8 Å². The lowest BCUT2D eigenvalue weighted by atomic mass is 10.1. The SMILES string of the molecule is CCC[C@@H](CCO[Si](c1ccccc1)(c1ccccc1)C(C)(C)C)Nc1nc(NC(=O)OC)nc2cnn(Cc3cc(COS(C)(=O)=O)ccc3OC)c12. The van der Waals surface area contributed by atoms with E-state index in [0.29, 0.717) is 41.2 Å². The van der Waals surface area contributed by atoms with Crippen molar-refractivity contribution in [1.29, 1.82) is 0 Å². The number of hydrogen-bond donors (Lipinski definition) is 2. The lowest BCUT2D eigenvalue weighted by Crippen LogP contribution is -2.66. The molecule has 1 atom stereocenters. The maximum Gasteiger partial charge on any atom is 0.413 e. The Morgan fingerprint density at radius 3 is 2.19 bits per heavy atom. The minimum absolute atomic E-state index is 0.0627. The molecule has 3 aromatic carbocycles. The monoisotopic (exact) mass is 774 g/mol. The van der Waals surface area contributed by atoms with Crippen LogP contribution in [0.2, 0.25) is 5.04 Å². The fraction of sp³-hybridized carbons (Fsp3) is 0.385. The summed E-state index contributed by atoms with van der Waals surface area (Å²) in [6, 6.07) is 26.4. The molecule has 0 aliphatic heterocycles. The van der Waals surface area contributed by atoms with Gasteiger partial charge in [0.2, 0.25) is 5.95 Å². The molecule has 0 radical (unpaired) electrons. The minimum atomic E-state index is -3.64. The fourth-order valence-corrected chi connectivity index (χ4v) is 11.7. The van der Waals surface area contributed by atoms with Crippen molar-refractivity contribution in [3.63, 3.8) is 0 Å². The number of benzene rings is 3. The molecule has 13 nitrogen and oxygen atoms in total. The molecule has 54 heavy (non-hydrogen) atoms. The summed E-state index contributed by atoms with van der Waals surface area (Å²) in [6.45, 7) is 9.54. The maximum atomic E-state index is 12.2. The van der Waals surface area contributed by atoms with Gasteiger partial charge in [-0.2, -0.15) is 18.5 Å². The maximum absolute atomic E-state index is 12.2. The van der Waals surface area contributed by atoms with Crippen LogP contribution in [0.1, 0.15) is 58.1 Å². The van der Waals surface area contributed by atoms with Crippen molar-refractivity contribution >= 4 is 57.7 Å². The molecule has 1 amide bonds. The number of carbonyl (C=O) groups is 1. The van der Waals surface area contributed by atoms with Crippen LogP contribution in [0.3, 0.4) is 0 Å². The summed E-state index contributed by atoms with van der Waals surface area (Å²) in [5.41, 5.74) is 2.49. The Hall–Kier alpha value is -4.83. The third kappa shape index (κ3) is 9.63. The lowest BCUT2D eigenvalue weighted by Gasteiger charge is -2.43. The Labute approximate surface area is 318 Å². The minimum Gasteiger partial charge on any atom is -0.496 e. The highest BCUT2D eigenvalue weighted by atomic mass is 32.2. The molecule has 2 heterocycles. The van der Waals surface area contributed by atoms with E-state index in [1.54, 1.807) is 30.1 Å². The van der Waals surface area contributed by atoms with Gasteiger partial charge in [-0.25, -0.2) is 9.78 Å². The van der Waals surface area contributed by atoms with Crippen molar-refractivity contribution in [2.45, 2.75) is 71.2 Å². The Morgan fingerprint density at radius 1 is 0.944 bits per heavy atom. The second kappa shape index (κ2) is 17.5. The first kappa shape index (κ1) is 40.4. The first-order valence-corrected chi connectivity index (χ1v) is 21.6. The van der Waals surface area contributed by atoms with Gasteiger partial charge < -0.3 is 19.2 Å². The third-order valence-corrected chi connectivity index (χ3v) is 14.8. The first-order chi connectivity index (χ1) is 25.8. The molecular formula is C39H50N6O7SSi. The van der Waals surface area contributed by atoms with Crippen LogP contribution in [0.5, 0.6) is 5.75 Å². The first-order valence-electron chi connectivity index (χ1n) is 17.9. The number of aromatic nitrogens is 4. The molecule has 15 heteroatoms. The van der Waals surface area contributed by atoms with Gasteiger partial charge in [0.25, 0.3) is 18.4 Å². The van der Waals surface area contributed by atoms with E-state index >= 15 is 0 Å². The molecule has 5 aromatic rings. The number of rotatable bonds is 17. The molecule has 2 aromatic heterocycles. The van der Waals surface area contributed by atoms with Gasteiger partial charge in [-0.15, -0.1) is 0 Å². The summed E-state index contributed by atoms with van der Waals surface area (Å²) in [7, 11) is -3.56. The Kier molecular flexibility index (Phi) is 13.1. The van der Waals surface area contributed by atoms with Crippen LogP contribution in [-0.4, -0.2) is 75.7 Å². The topological polar surface area (TPSA) is 156 Å². The molecule has 0 fully saturated rings. The van der Waals surface area contributed by atoms with Crippen LogP contribution in [-0.2, 0) is 36.6 Å². The Balaban J connectivity index is 1.49. The standard InChI is InChI=1S/C39H50N6O7SSi/c1-8-15-30(22-23-52-54(39(2,3)4,31-16-11-9-12-17-31)32-18-13-10-14-19-32)41-36-35-33(42-37(43-36)44-38(46)50-6)25-40-45(35)26-29-24-28(20-21-34(29)49-5)27-51-53(7,47)48/h9-14,16-21,24-25,30H,8,15,22-23,26-27H2,1-7H3,(H2,41,42,43,44,46)/t30-/m0/s1. The Morgan fingerprint density at radius 2 is 1.61 bits per heavy atom. The normalized spacial score (nSPS) is 12.7. The molecule has 0 spiro atoms. The van der Waals surface area contributed by atoms with Crippen molar-refractivity contribution in [2.75, 3.05) is 37.7 Å². The van der Waals surface area contributed by atoms with Gasteiger partial charge >= 0.3 is 6.09 Å². The highest BCUT2D eigenvalue weighted by Crippen LogP contribution is 2.37. The van der Waals surface area contributed by atoms with Crippen LogP contribution < -0.4 is 25.7 Å². The zero-order valence-electron chi connectivity index (χ0n) is 32.0. The van der Waals surface area contributed by atoms with Crippen molar-refractivity contribution in [1.82, 2.24) is 19.7 Å². The molecule has 0 saturated carbocycles. The largest absolute Gasteiger partial charge is 0.496 e. The predicted octanol–water partition coefficient (Wildman–Crippen LogP) is 6.09. The smallest absolute Gasteiger partial charge is 0.413 e. The van der Waals surface area contributed by atoms with Crippen molar-refractivity contribution < 1.29 is 31.3 Å². The van der Waals surface area contributed by atoms with Gasteiger partial charge in [0.1, 0.15) is 16.8 Å². The van der Waals surface area contributed by atoms with Crippen molar-refractivity contribution in [3.8, 4) is 5.75 Å². The van der Waals surface area contributed by atoms with E-state index in [1.165, 1.54) is 17.5 Å². The van der Waals surface area contributed by atoms with Crippen molar-refractivity contribution in [2.24, 2.45) is 0 Å². The summed E-state index contributed by atoms with van der Waals surface area (Å²) in [5.74, 6) is 1.13. The predicted molar refractivity (Wildman–Crippen MR) is 214 cm³/mol. The van der Waals surface area contributed by atoms with Crippen LogP contribution in [0.4, 0.5) is 16.6 Å². The summed E-state index contributed by atoms with van der Waals surface area (Å²) in [5, 5.41) is 13.2. The second-order valence-electron chi connectivity index (χ2n) is 14.1. The van der Waals surface area contributed by atoms with E-state index in [9.17, 15) is 13.2 Å². The van der Waals surface area contributed by atoms with E-state index in [-0.39, 0.29) is 30.2 Å². The number of anilines is 2. The number of carbonyl (C=O) groups excluding carboxylic acids is 1.